The molecular formula is C20H18ClFN4OS. The Bertz CT molecular complexity index is 1030. The van der Waals surface area contributed by atoms with Crippen molar-refractivity contribution >= 4 is 35.0 Å². The first-order valence-corrected chi connectivity index (χ1v) is 10.3. The van der Waals surface area contributed by atoms with Crippen LogP contribution < -0.4 is 5.32 Å². The zero-order chi connectivity index (χ0) is 19.7. The molecule has 1 N–H and O–H groups in total. The molecule has 2 aromatic carbocycles. The number of nitrogens with one attached hydrogen (secondary N) is 1. The predicted molar refractivity (Wildman–Crippen MR) is 109 cm³/mol. The maximum atomic E-state index is 14.2. The number of nitrogens with zero attached hydrogens (tertiary/aromatic N) is 3. The van der Waals surface area contributed by atoms with Gasteiger partial charge in [-0.1, -0.05) is 41.6 Å². The minimum absolute atomic E-state index is 0.159. The van der Waals surface area contributed by atoms with Crippen LogP contribution in [0.2, 0.25) is 5.02 Å². The lowest BCUT2D eigenvalue weighted by molar-refractivity contribution is -0.113. The van der Waals surface area contributed by atoms with Gasteiger partial charge in [0.1, 0.15) is 5.82 Å². The van der Waals surface area contributed by atoms with Gasteiger partial charge in [0, 0.05) is 16.8 Å². The molecule has 0 bridgehead atoms. The quantitative estimate of drug-likeness (QED) is 0.567. The van der Waals surface area contributed by atoms with Crippen molar-refractivity contribution in [3.8, 4) is 11.4 Å². The SMILES string of the molecule is Cc1c(Cl)cccc1NC(=O)CSc1nnc(-c2ccccc2F)n1C1CC1. The monoisotopic (exact) mass is 416 g/mol. The highest BCUT2D eigenvalue weighted by Gasteiger charge is 2.31. The number of thioether (sulfide) groups is 1. The Hall–Kier alpha value is -2.38. The molecule has 1 fully saturated rings. The summed E-state index contributed by atoms with van der Waals surface area (Å²) in [6.07, 6.45) is 2.00. The zero-order valence-electron chi connectivity index (χ0n) is 15.2. The Morgan fingerprint density at radius 2 is 2.04 bits per heavy atom. The van der Waals surface area contributed by atoms with Gasteiger partial charge in [0.25, 0.3) is 0 Å². The fraction of sp³-hybridized carbons (Fsp3) is 0.250. The van der Waals surface area contributed by atoms with E-state index in [1.165, 1.54) is 17.8 Å². The first-order chi connectivity index (χ1) is 13.5. The second-order valence-corrected chi connectivity index (χ2v) is 7.99. The highest BCUT2D eigenvalue weighted by molar-refractivity contribution is 7.99. The Labute approximate surface area is 171 Å². The third-order valence-electron chi connectivity index (χ3n) is 4.57. The van der Waals surface area contributed by atoms with Crippen LogP contribution in [0.5, 0.6) is 0 Å². The summed E-state index contributed by atoms with van der Waals surface area (Å²) >= 11 is 7.39. The number of amides is 1. The smallest absolute Gasteiger partial charge is 0.234 e. The second-order valence-electron chi connectivity index (χ2n) is 6.64. The summed E-state index contributed by atoms with van der Waals surface area (Å²) in [6.45, 7) is 1.86. The summed E-state index contributed by atoms with van der Waals surface area (Å²) in [7, 11) is 0. The van der Waals surface area contributed by atoms with E-state index >= 15 is 0 Å². The van der Waals surface area contributed by atoms with Crippen LogP contribution >= 0.6 is 23.4 Å². The average molecular weight is 417 g/mol. The normalized spacial score (nSPS) is 13.5. The van der Waals surface area contributed by atoms with Crippen molar-refractivity contribution in [3.63, 3.8) is 0 Å². The standard InChI is InChI=1S/C20H18ClFN4OS/c1-12-15(21)6-4-8-17(12)23-18(27)11-28-20-25-24-19(26(20)13-9-10-13)14-5-2-3-7-16(14)22/h2-8,13H,9-11H2,1H3,(H,23,27). The van der Waals surface area contributed by atoms with Gasteiger partial charge in [-0.2, -0.15) is 0 Å². The molecule has 8 heteroatoms. The molecule has 0 unspecified atom stereocenters. The number of carbonyl (C=O) groups is 1. The molecule has 28 heavy (non-hydrogen) atoms. The molecule has 1 aliphatic rings. The highest BCUT2D eigenvalue weighted by atomic mass is 35.5. The minimum atomic E-state index is -0.331. The van der Waals surface area contributed by atoms with Gasteiger partial charge in [0.15, 0.2) is 11.0 Å². The number of anilines is 1. The van der Waals surface area contributed by atoms with E-state index in [2.05, 4.69) is 15.5 Å². The van der Waals surface area contributed by atoms with Crippen molar-refractivity contribution in [2.75, 3.05) is 11.1 Å². The number of aromatic nitrogens is 3. The van der Waals surface area contributed by atoms with E-state index in [9.17, 15) is 9.18 Å². The minimum Gasteiger partial charge on any atom is -0.325 e. The Morgan fingerprint density at radius 1 is 1.25 bits per heavy atom. The lowest BCUT2D eigenvalue weighted by atomic mass is 10.2. The van der Waals surface area contributed by atoms with Crippen LogP contribution in [0.3, 0.4) is 0 Å². The van der Waals surface area contributed by atoms with Crippen LogP contribution in [-0.2, 0) is 4.79 Å². The van der Waals surface area contributed by atoms with Crippen molar-refractivity contribution in [2.45, 2.75) is 31.0 Å². The third kappa shape index (κ3) is 3.91. The maximum Gasteiger partial charge on any atom is 0.234 e. The summed E-state index contributed by atoms with van der Waals surface area (Å²) in [4.78, 5) is 12.4. The second kappa shape index (κ2) is 7.93. The van der Waals surface area contributed by atoms with Gasteiger partial charge < -0.3 is 5.32 Å². The molecule has 1 aromatic heterocycles. The van der Waals surface area contributed by atoms with Crippen molar-refractivity contribution in [1.29, 1.82) is 0 Å². The van der Waals surface area contributed by atoms with Crippen LogP contribution in [0.15, 0.2) is 47.6 Å². The molecule has 1 saturated carbocycles. The van der Waals surface area contributed by atoms with Crippen molar-refractivity contribution in [3.05, 3.63) is 58.9 Å². The van der Waals surface area contributed by atoms with E-state index in [-0.39, 0.29) is 23.5 Å². The molecule has 0 aliphatic heterocycles. The van der Waals surface area contributed by atoms with Gasteiger partial charge >= 0.3 is 0 Å². The van der Waals surface area contributed by atoms with E-state index in [0.29, 0.717) is 27.3 Å². The fourth-order valence-corrected chi connectivity index (χ4v) is 3.90. The van der Waals surface area contributed by atoms with Gasteiger partial charge in [0.2, 0.25) is 5.91 Å². The zero-order valence-corrected chi connectivity index (χ0v) is 16.7. The molecule has 1 amide bonds. The van der Waals surface area contributed by atoms with Gasteiger partial charge in [-0.3, -0.25) is 9.36 Å². The molecular weight excluding hydrogens is 399 g/mol. The summed E-state index contributed by atoms with van der Waals surface area (Å²) in [6, 6.07) is 12.2. The Kier molecular flexibility index (Phi) is 5.37. The van der Waals surface area contributed by atoms with E-state index in [1.54, 1.807) is 30.3 Å². The molecule has 144 valence electrons. The first-order valence-electron chi connectivity index (χ1n) is 8.92. The van der Waals surface area contributed by atoms with Gasteiger partial charge in [-0.25, -0.2) is 4.39 Å². The number of halogens is 2. The molecule has 1 heterocycles. The first kappa shape index (κ1) is 19.0. The summed E-state index contributed by atoms with van der Waals surface area (Å²) in [5, 5.41) is 12.5. The molecule has 5 nitrogen and oxygen atoms in total. The number of hydrogen-bond donors (Lipinski definition) is 1. The van der Waals surface area contributed by atoms with Crippen molar-refractivity contribution in [2.24, 2.45) is 0 Å². The van der Waals surface area contributed by atoms with Gasteiger partial charge in [-0.05, 0) is 49.6 Å². The van der Waals surface area contributed by atoms with Crippen LogP contribution in [0.1, 0.15) is 24.4 Å². The predicted octanol–water partition coefficient (Wildman–Crippen LogP) is 5.11. The average Bonchev–Trinajstić information content (AvgIpc) is 3.44. The molecule has 0 spiro atoms. The number of hydrogen-bond acceptors (Lipinski definition) is 4. The largest absolute Gasteiger partial charge is 0.325 e. The van der Waals surface area contributed by atoms with Crippen LogP contribution in [0, 0.1) is 12.7 Å². The number of benzene rings is 2. The Morgan fingerprint density at radius 3 is 2.79 bits per heavy atom. The van der Waals surface area contributed by atoms with E-state index in [1.807, 2.05) is 17.6 Å². The number of carbonyl (C=O) groups excluding carboxylic acids is 1. The summed E-state index contributed by atoms with van der Waals surface area (Å²) in [5.41, 5.74) is 1.94. The molecule has 3 aromatic rings. The maximum absolute atomic E-state index is 14.2. The fourth-order valence-electron chi connectivity index (χ4n) is 2.92. The third-order valence-corrected chi connectivity index (χ3v) is 5.92. The topological polar surface area (TPSA) is 59.8 Å². The van der Waals surface area contributed by atoms with E-state index in [4.69, 9.17) is 11.6 Å². The van der Waals surface area contributed by atoms with Gasteiger partial charge in [0.05, 0.1) is 11.3 Å². The van der Waals surface area contributed by atoms with Crippen molar-refractivity contribution < 1.29 is 9.18 Å². The van der Waals surface area contributed by atoms with Crippen molar-refractivity contribution in [1.82, 2.24) is 14.8 Å². The Balaban J connectivity index is 1.50. The molecule has 0 radical (unpaired) electrons. The lowest BCUT2D eigenvalue weighted by Crippen LogP contribution is -2.15. The van der Waals surface area contributed by atoms with Gasteiger partial charge in [-0.15, -0.1) is 10.2 Å². The molecule has 1 aliphatic carbocycles. The number of rotatable bonds is 6. The molecule has 4 rings (SSSR count). The summed E-state index contributed by atoms with van der Waals surface area (Å²) in [5.74, 6) is 0.193. The van der Waals surface area contributed by atoms with E-state index < -0.39 is 0 Å². The van der Waals surface area contributed by atoms with Crippen LogP contribution in [0.4, 0.5) is 10.1 Å². The molecule has 0 atom stereocenters. The van der Waals surface area contributed by atoms with Crippen LogP contribution in [-0.4, -0.2) is 26.4 Å². The lowest BCUT2D eigenvalue weighted by Gasteiger charge is -2.11. The highest BCUT2D eigenvalue weighted by Crippen LogP contribution is 2.41. The van der Waals surface area contributed by atoms with E-state index in [0.717, 1.165) is 18.4 Å². The molecule has 0 saturated heterocycles. The summed E-state index contributed by atoms with van der Waals surface area (Å²) < 4.78 is 16.2. The van der Waals surface area contributed by atoms with Crippen LogP contribution in [0.25, 0.3) is 11.4 Å².